The van der Waals surface area contributed by atoms with Crippen LogP contribution in [0.25, 0.3) is 0 Å². The van der Waals surface area contributed by atoms with E-state index in [0.717, 1.165) is 51.4 Å². The van der Waals surface area contributed by atoms with Crippen LogP contribution in [0.5, 0.6) is 5.75 Å². The summed E-state index contributed by atoms with van der Waals surface area (Å²) in [6, 6.07) is 11.1. The zero-order valence-corrected chi connectivity index (χ0v) is 18.6. The van der Waals surface area contributed by atoms with Crippen LogP contribution in [-0.4, -0.2) is 48.4 Å². The number of rotatable bonds is 4. The molecule has 32 heavy (non-hydrogen) atoms. The van der Waals surface area contributed by atoms with Crippen LogP contribution in [0.15, 0.2) is 42.5 Å². The molecule has 170 valence electrons. The first-order chi connectivity index (χ1) is 15.3. The molecule has 2 heterocycles. The van der Waals surface area contributed by atoms with Gasteiger partial charge in [0.1, 0.15) is 12.4 Å². The minimum absolute atomic E-state index is 0.558. The summed E-state index contributed by atoms with van der Waals surface area (Å²) in [5.74, 6) is -1.44. The fourth-order valence-corrected chi connectivity index (χ4v) is 4.23. The molecule has 0 aliphatic carbocycles. The number of aliphatic carboxylic acids is 2. The molecule has 2 aliphatic rings. The van der Waals surface area contributed by atoms with E-state index >= 15 is 0 Å². The van der Waals surface area contributed by atoms with Crippen LogP contribution in [-0.2, 0) is 29.0 Å². The number of carboxylic acid groups (broad SMARTS) is 2. The lowest BCUT2D eigenvalue weighted by Crippen LogP contribution is -2.33. The van der Waals surface area contributed by atoms with Crippen LogP contribution in [0.2, 0.25) is 0 Å². The third kappa shape index (κ3) is 6.11. The van der Waals surface area contributed by atoms with Crippen molar-refractivity contribution in [3.05, 3.63) is 70.3 Å². The van der Waals surface area contributed by atoms with Gasteiger partial charge in [0.2, 0.25) is 0 Å². The van der Waals surface area contributed by atoms with Crippen molar-refractivity contribution in [2.45, 2.75) is 33.2 Å². The van der Waals surface area contributed by atoms with Crippen molar-refractivity contribution in [3.63, 3.8) is 0 Å². The maximum absolute atomic E-state index is 9.55. The second kappa shape index (κ2) is 10.8. The second-order valence-corrected chi connectivity index (χ2v) is 8.00. The first-order valence-electron chi connectivity index (χ1n) is 10.8. The van der Waals surface area contributed by atoms with E-state index in [2.05, 4.69) is 54.4 Å². The first kappa shape index (κ1) is 23.3. The van der Waals surface area contributed by atoms with E-state index in [1.165, 1.54) is 33.5 Å². The molecular weight excluding hydrogens is 408 g/mol. The molecular formula is C25H30N2O5. The van der Waals surface area contributed by atoms with Crippen molar-refractivity contribution >= 4 is 17.6 Å². The number of carboxylic acids is 2. The normalized spacial score (nSPS) is 15.0. The summed E-state index contributed by atoms with van der Waals surface area (Å²) in [7, 11) is 0. The molecule has 0 fully saturated rings. The van der Waals surface area contributed by atoms with Crippen LogP contribution in [0.3, 0.4) is 0 Å². The number of benzene rings is 2. The van der Waals surface area contributed by atoms with Gasteiger partial charge in [0, 0.05) is 18.7 Å². The number of nitrogens with one attached hydrogen (secondary N) is 1. The Balaban J connectivity index is 0.000000312. The highest BCUT2D eigenvalue weighted by Gasteiger charge is 2.25. The number of ether oxygens (including phenoxy) is 1. The lowest BCUT2D eigenvalue weighted by atomic mass is 9.94. The van der Waals surface area contributed by atoms with E-state index in [9.17, 15) is 9.59 Å². The van der Waals surface area contributed by atoms with Gasteiger partial charge >= 0.3 is 11.9 Å². The standard InChI is InChI=1S/C21H26N2O.C4H4O4/c1-15-4-3-5-17(12-15)14-23-10-11-24-20-13-18-6-8-22-9-7-19(18)16(2)21(20)23;5-3(6)1-2-4(7)8/h3-5,12-13,22H,6-11,14H2,1-2H3;1-2H,(H,5,6)(H,7,8)/b;2-1+. The monoisotopic (exact) mass is 438 g/mol. The molecule has 7 nitrogen and oxygen atoms in total. The van der Waals surface area contributed by atoms with E-state index in [-0.39, 0.29) is 0 Å². The van der Waals surface area contributed by atoms with Crippen molar-refractivity contribution in [1.82, 2.24) is 5.32 Å². The molecule has 0 spiro atoms. The first-order valence-corrected chi connectivity index (χ1v) is 10.8. The van der Waals surface area contributed by atoms with Gasteiger partial charge in [-0.15, -0.1) is 0 Å². The molecule has 3 N–H and O–H groups in total. The highest BCUT2D eigenvalue weighted by Crippen LogP contribution is 2.40. The highest BCUT2D eigenvalue weighted by atomic mass is 16.5. The van der Waals surface area contributed by atoms with Crippen LogP contribution in [0.1, 0.15) is 27.8 Å². The highest BCUT2D eigenvalue weighted by molar-refractivity contribution is 5.89. The third-order valence-electron chi connectivity index (χ3n) is 5.62. The summed E-state index contributed by atoms with van der Waals surface area (Å²) in [5, 5.41) is 19.1. The summed E-state index contributed by atoms with van der Waals surface area (Å²) in [5.41, 5.74) is 8.42. The molecule has 4 rings (SSSR count). The molecule has 7 heteroatoms. The molecule has 0 saturated carbocycles. The number of aryl methyl sites for hydroxylation is 1. The van der Waals surface area contributed by atoms with Gasteiger partial charge in [-0.25, -0.2) is 9.59 Å². The Morgan fingerprint density at radius 1 is 1.09 bits per heavy atom. The Bertz CT molecular complexity index is 1000. The quantitative estimate of drug-likeness (QED) is 0.631. The predicted octanol–water partition coefficient (Wildman–Crippen LogP) is 3.10. The molecule has 2 aromatic carbocycles. The number of anilines is 1. The number of hydrogen-bond acceptors (Lipinski definition) is 5. The number of carbonyl (C=O) groups is 2. The fraction of sp³-hybridized carbons (Fsp3) is 0.360. The number of fused-ring (bicyclic) bond motifs is 2. The molecule has 0 amide bonds. The van der Waals surface area contributed by atoms with E-state index in [0.29, 0.717) is 12.2 Å². The SMILES string of the molecule is Cc1cccc(CN2CCOc3cc4c(c(C)c32)CCNCC4)c1.O=C(O)/C=C/C(=O)O. The smallest absolute Gasteiger partial charge is 0.328 e. The van der Waals surface area contributed by atoms with Gasteiger partial charge < -0.3 is 25.2 Å². The molecule has 0 saturated heterocycles. The maximum Gasteiger partial charge on any atom is 0.328 e. The van der Waals surface area contributed by atoms with Gasteiger partial charge in [-0.05, 0) is 68.1 Å². The molecule has 0 radical (unpaired) electrons. The Kier molecular flexibility index (Phi) is 7.89. The second-order valence-electron chi connectivity index (χ2n) is 8.00. The van der Waals surface area contributed by atoms with E-state index in [1.807, 2.05) is 0 Å². The molecule has 0 bridgehead atoms. The third-order valence-corrected chi connectivity index (χ3v) is 5.62. The van der Waals surface area contributed by atoms with Gasteiger partial charge in [0.25, 0.3) is 0 Å². The number of hydrogen-bond donors (Lipinski definition) is 3. The van der Waals surface area contributed by atoms with Gasteiger partial charge in [-0.2, -0.15) is 0 Å². The zero-order chi connectivity index (χ0) is 23.1. The topological polar surface area (TPSA) is 99.1 Å². The van der Waals surface area contributed by atoms with Crippen molar-refractivity contribution in [2.24, 2.45) is 0 Å². The van der Waals surface area contributed by atoms with Gasteiger partial charge in [0.15, 0.2) is 0 Å². The predicted molar refractivity (Wildman–Crippen MR) is 124 cm³/mol. The Labute approximate surface area is 188 Å². The molecule has 0 unspecified atom stereocenters. The van der Waals surface area contributed by atoms with Gasteiger partial charge in [-0.1, -0.05) is 29.8 Å². The maximum atomic E-state index is 9.55. The van der Waals surface area contributed by atoms with Gasteiger partial charge in [0.05, 0.1) is 12.2 Å². The van der Waals surface area contributed by atoms with Crippen molar-refractivity contribution < 1.29 is 24.5 Å². The summed E-state index contributed by atoms with van der Waals surface area (Å²) in [6.07, 6.45) is 3.34. The molecule has 2 aromatic rings. The Hall–Kier alpha value is -3.32. The molecule has 2 aliphatic heterocycles. The summed E-state index contributed by atoms with van der Waals surface area (Å²) in [6.45, 7) is 9.27. The van der Waals surface area contributed by atoms with Crippen LogP contribution >= 0.6 is 0 Å². The Morgan fingerprint density at radius 3 is 2.50 bits per heavy atom. The Morgan fingerprint density at radius 2 is 1.81 bits per heavy atom. The lowest BCUT2D eigenvalue weighted by Gasteiger charge is -2.34. The minimum Gasteiger partial charge on any atom is -0.490 e. The molecule has 0 aromatic heterocycles. The summed E-state index contributed by atoms with van der Waals surface area (Å²) >= 11 is 0. The van der Waals surface area contributed by atoms with Crippen LogP contribution in [0.4, 0.5) is 5.69 Å². The van der Waals surface area contributed by atoms with E-state index in [1.54, 1.807) is 0 Å². The van der Waals surface area contributed by atoms with Crippen molar-refractivity contribution in [3.8, 4) is 5.75 Å². The minimum atomic E-state index is -1.26. The van der Waals surface area contributed by atoms with Crippen LogP contribution in [0, 0.1) is 13.8 Å². The molecule has 0 atom stereocenters. The van der Waals surface area contributed by atoms with Crippen molar-refractivity contribution in [1.29, 1.82) is 0 Å². The van der Waals surface area contributed by atoms with Gasteiger partial charge in [-0.3, -0.25) is 0 Å². The average Bonchev–Trinajstić information content (AvgIpc) is 2.99. The fourth-order valence-electron chi connectivity index (χ4n) is 4.23. The zero-order valence-electron chi connectivity index (χ0n) is 18.6. The summed E-state index contributed by atoms with van der Waals surface area (Å²) < 4.78 is 6.04. The van der Waals surface area contributed by atoms with Crippen LogP contribution < -0.4 is 15.0 Å². The average molecular weight is 439 g/mol. The largest absolute Gasteiger partial charge is 0.490 e. The van der Waals surface area contributed by atoms with Crippen molar-refractivity contribution in [2.75, 3.05) is 31.1 Å². The lowest BCUT2D eigenvalue weighted by molar-refractivity contribution is -0.134. The van der Waals surface area contributed by atoms with E-state index < -0.39 is 11.9 Å². The number of nitrogens with zero attached hydrogens (tertiary/aromatic N) is 1. The summed E-state index contributed by atoms with van der Waals surface area (Å²) in [4.78, 5) is 21.6. The van der Waals surface area contributed by atoms with E-state index in [4.69, 9.17) is 14.9 Å².